The highest BCUT2D eigenvalue weighted by molar-refractivity contribution is 5.31. The molecule has 0 amide bonds. The van der Waals surface area contributed by atoms with E-state index in [0.29, 0.717) is 6.61 Å². The predicted octanol–water partition coefficient (Wildman–Crippen LogP) is 9.14. The third-order valence-electron chi connectivity index (χ3n) is 6.70. The number of ether oxygens (including phenoxy) is 2. The summed E-state index contributed by atoms with van der Waals surface area (Å²) in [7, 11) is 0. The van der Waals surface area contributed by atoms with E-state index in [1.807, 2.05) is 24.3 Å². The van der Waals surface area contributed by atoms with Gasteiger partial charge in [0.2, 0.25) is 0 Å². The molecular formula is C29H48O2. The van der Waals surface area contributed by atoms with Crippen LogP contribution in [-0.4, -0.2) is 13.2 Å². The highest BCUT2D eigenvalue weighted by atomic mass is 16.5. The minimum Gasteiger partial charge on any atom is -0.494 e. The van der Waals surface area contributed by atoms with Gasteiger partial charge in [0, 0.05) is 0 Å². The minimum atomic E-state index is 0.661. The first-order chi connectivity index (χ1) is 15.3. The van der Waals surface area contributed by atoms with E-state index in [-0.39, 0.29) is 0 Å². The van der Waals surface area contributed by atoms with Crippen molar-refractivity contribution in [3.05, 3.63) is 36.4 Å². The highest BCUT2D eigenvalue weighted by Gasteiger charge is 2.18. The lowest BCUT2D eigenvalue weighted by Gasteiger charge is -2.26. The Balaban J connectivity index is 1.51. The van der Waals surface area contributed by atoms with E-state index in [2.05, 4.69) is 26.0 Å². The molecule has 0 bridgehead atoms. The van der Waals surface area contributed by atoms with Crippen molar-refractivity contribution in [1.29, 1.82) is 0 Å². The molecule has 1 aromatic carbocycles. The Kier molecular flexibility index (Phi) is 14.3. The molecule has 176 valence electrons. The molecule has 0 heterocycles. The summed E-state index contributed by atoms with van der Waals surface area (Å²) in [5.41, 5.74) is 0. The molecule has 0 unspecified atom stereocenters. The van der Waals surface area contributed by atoms with Gasteiger partial charge in [-0.3, -0.25) is 0 Å². The van der Waals surface area contributed by atoms with Crippen LogP contribution in [-0.2, 0) is 0 Å². The Morgan fingerprint density at radius 2 is 1.29 bits per heavy atom. The number of hydrogen-bond acceptors (Lipinski definition) is 2. The maximum atomic E-state index is 5.89. The molecule has 0 aromatic heterocycles. The molecule has 0 aliphatic heterocycles. The van der Waals surface area contributed by atoms with Gasteiger partial charge in [-0.2, -0.15) is 0 Å². The molecule has 1 aliphatic carbocycles. The Labute approximate surface area is 192 Å². The van der Waals surface area contributed by atoms with Crippen LogP contribution in [0.2, 0.25) is 0 Å². The fraction of sp³-hybridized carbons (Fsp3) is 0.724. The summed E-state index contributed by atoms with van der Waals surface area (Å²) in [4.78, 5) is 0. The van der Waals surface area contributed by atoms with Crippen molar-refractivity contribution < 1.29 is 9.47 Å². The van der Waals surface area contributed by atoms with Crippen LogP contribution in [0.25, 0.3) is 0 Å². The van der Waals surface area contributed by atoms with E-state index in [1.54, 1.807) is 0 Å². The van der Waals surface area contributed by atoms with Gasteiger partial charge in [-0.25, -0.2) is 0 Å². The van der Waals surface area contributed by atoms with Gasteiger partial charge >= 0.3 is 0 Å². The van der Waals surface area contributed by atoms with E-state index in [4.69, 9.17) is 9.47 Å². The van der Waals surface area contributed by atoms with Crippen LogP contribution >= 0.6 is 0 Å². The maximum Gasteiger partial charge on any atom is 0.120 e. The van der Waals surface area contributed by atoms with E-state index in [0.717, 1.165) is 36.4 Å². The van der Waals surface area contributed by atoms with Crippen LogP contribution in [0, 0.1) is 11.8 Å². The monoisotopic (exact) mass is 428 g/mol. The van der Waals surface area contributed by atoms with Crippen LogP contribution < -0.4 is 9.47 Å². The second-order valence-corrected chi connectivity index (χ2v) is 9.46. The second-order valence-electron chi connectivity index (χ2n) is 9.46. The molecule has 2 nitrogen and oxygen atoms in total. The van der Waals surface area contributed by atoms with Gasteiger partial charge in [0.25, 0.3) is 0 Å². The second kappa shape index (κ2) is 17.2. The van der Waals surface area contributed by atoms with Crippen LogP contribution in [0.5, 0.6) is 11.5 Å². The zero-order chi connectivity index (χ0) is 22.0. The lowest BCUT2D eigenvalue weighted by molar-refractivity contribution is 0.288. The van der Waals surface area contributed by atoms with Gasteiger partial charge in [-0.05, 0) is 68.2 Å². The third-order valence-corrected chi connectivity index (χ3v) is 6.70. The molecule has 0 saturated heterocycles. The molecule has 2 heteroatoms. The Bertz CT molecular complexity index is 555. The van der Waals surface area contributed by atoms with Crippen molar-refractivity contribution in [2.45, 2.75) is 110 Å². The number of rotatable bonds is 17. The van der Waals surface area contributed by atoms with Gasteiger partial charge in [-0.1, -0.05) is 90.2 Å². The normalized spacial score (nSPS) is 19.0. The van der Waals surface area contributed by atoms with Crippen molar-refractivity contribution in [3.8, 4) is 11.5 Å². The van der Waals surface area contributed by atoms with Crippen molar-refractivity contribution in [3.63, 3.8) is 0 Å². The first-order valence-corrected chi connectivity index (χ1v) is 13.3. The van der Waals surface area contributed by atoms with Gasteiger partial charge in [0.05, 0.1) is 6.61 Å². The maximum absolute atomic E-state index is 5.89. The summed E-state index contributed by atoms with van der Waals surface area (Å²) in [5.74, 6) is 3.62. The van der Waals surface area contributed by atoms with Gasteiger partial charge < -0.3 is 9.47 Å². The van der Waals surface area contributed by atoms with Crippen molar-refractivity contribution in [2.24, 2.45) is 11.8 Å². The van der Waals surface area contributed by atoms with Gasteiger partial charge in [0.1, 0.15) is 18.1 Å². The Morgan fingerprint density at radius 3 is 1.97 bits per heavy atom. The summed E-state index contributed by atoms with van der Waals surface area (Å²) in [6.45, 7) is 6.04. The van der Waals surface area contributed by atoms with Gasteiger partial charge in [0.15, 0.2) is 0 Å². The molecule has 31 heavy (non-hydrogen) atoms. The lowest BCUT2D eigenvalue weighted by atomic mass is 9.79. The number of unbranched alkanes of at least 4 members (excludes halogenated alkanes) is 8. The van der Waals surface area contributed by atoms with Crippen molar-refractivity contribution in [1.82, 2.24) is 0 Å². The largest absolute Gasteiger partial charge is 0.494 e. The molecule has 0 N–H and O–H groups in total. The average Bonchev–Trinajstić information content (AvgIpc) is 2.80. The molecule has 0 radical (unpaired) electrons. The molecular weight excluding hydrogens is 380 g/mol. The summed E-state index contributed by atoms with van der Waals surface area (Å²) in [6, 6.07) is 8.10. The zero-order valence-electron chi connectivity index (χ0n) is 20.5. The molecule has 1 saturated carbocycles. The molecule has 1 fully saturated rings. The van der Waals surface area contributed by atoms with Crippen molar-refractivity contribution in [2.75, 3.05) is 13.2 Å². The van der Waals surface area contributed by atoms with E-state index in [9.17, 15) is 0 Å². The standard InChI is InChI=1S/C29H48O2/c1-3-5-7-8-9-10-12-24-30-28-20-22-29(23-21-28)31-25-13-15-27-18-16-26(17-19-27)14-11-6-4-2/h13,15,20-23,26-27H,3-12,14,16-19,24-25H2,1-2H3. The molecule has 1 aliphatic rings. The fourth-order valence-electron chi connectivity index (χ4n) is 4.63. The summed E-state index contributed by atoms with van der Waals surface area (Å²) in [5, 5.41) is 0. The predicted molar refractivity (Wildman–Crippen MR) is 134 cm³/mol. The molecule has 2 rings (SSSR count). The average molecular weight is 429 g/mol. The SMILES string of the molecule is CCCCCCCCCOc1ccc(OCC=CC2CCC(CCCCC)CC2)cc1. The first-order valence-electron chi connectivity index (χ1n) is 13.3. The van der Waals surface area contributed by atoms with Gasteiger partial charge in [-0.15, -0.1) is 0 Å². The Hall–Kier alpha value is -1.44. The Morgan fingerprint density at radius 1 is 0.710 bits per heavy atom. The van der Waals surface area contributed by atoms with E-state index < -0.39 is 0 Å². The van der Waals surface area contributed by atoms with Crippen LogP contribution in [0.15, 0.2) is 36.4 Å². The zero-order valence-corrected chi connectivity index (χ0v) is 20.5. The quantitative estimate of drug-likeness (QED) is 0.182. The first kappa shape index (κ1) is 25.8. The molecule has 0 spiro atoms. The summed E-state index contributed by atoms with van der Waals surface area (Å²) < 4.78 is 11.7. The fourth-order valence-corrected chi connectivity index (χ4v) is 4.63. The van der Waals surface area contributed by atoms with E-state index >= 15 is 0 Å². The topological polar surface area (TPSA) is 18.5 Å². The summed E-state index contributed by atoms with van der Waals surface area (Å²) in [6.07, 6.45) is 25.0. The van der Waals surface area contributed by atoms with Crippen molar-refractivity contribution >= 4 is 0 Å². The van der Waals surface area contributed by atoms with Crippen LogP contribution in [0.4, 0.5) is 0 Å². The minimum absolute atomic E-state index is 0.661. The van der Waals surface area contributed by atoms with Crippen LogP contribution in [0.3, 0.4) is 0 Å². The lowest BCUT2D eigenvalue weighted by Crippen LogP contribution is -2.13. The molecule has 0 atom stereocenters. The number of benzene rings is 1. The summed E-state index contributed by atoms with van der Waals surface area (Å²) >= 11 is 0. The number of allylic oxidation sites excluding steroid dienone is 1. The molecule has 1 aromatic rings. The third kappa shape index (κ3) is 12.2. The van der Waals surface area contributed by atoms with E-state index in [1.165, 1.54) is 89.9 Å². The number of hydrogen-bond donors (Lipinski definition) is 0. The smallest absolute Gasteiger partial charge is 0.120 e. The van der Waals surface area contributed by atoms with Crippen LogP contribution in [0.1, 0.15) is 110 Å². The highest BCUT2D eigenvalue weighted by Crippen LogP contribution is 2.32.